The van der Waals surface area contributed by atoms with Crippen molar-refractivity contribution in [2.75, 3.05) is 0 Å². The van der Waals surface area contributed by atoms with Crippen LogP contribution in [0.3, 0.4) is 0 Å². The van der Waals surface area contributed by atoms with Crippen molar-refractivity contribution < 1.29 is 4.79 Å². The molecule has 1 unspecified atom stereocenters. The molecule has 0 bridgehead atoms. The van der Waals surface area contributed by atoms with Crippen molar-refractivity contribution in [3.8, 4) is 0 Å². The third-order valence-electron chi connectivity index (χ3n) is 1.25. The van der Waals surface area contributed by atoms with E-state index in [0.29, 0.717) is 15.0 Å². The van der Waals surface area contributed by atoms with Crippen molar-refractivity contribution >= 4 is 20.9 Å². The van der Waals surface area contributed by atoms with Crippen LogP contribution in [0.15, 0.2) is 0 Å². The summed E-state index contributed by atoms with van der Waals surface area (Å²) in [6.07, 6.45) is 2.27. The van der Waals surface area contributed by atoms with Gasteiger partial charge in [0.2, 0.25) is 0 Å². The summed E-state index contributed by atoms with van der Waals surface area (Å²) in [5.41, 5.74) is 5.07. The van der Waals surface area contributed by atoms with Crippen LogP contribution >= 0.6 is 0 Å². The molecule has 0 radical (unpaired) electrons. The van der Waals surface area contributed by atoms with Gasteiger partial charge in [0.05, 0.1) is 0 Å². The number of nitrogens with two attached hydrogens (primary N) is 1. The van der Waals surface area contributed by atoms with Gasteiger partial charge in [0.15, 0.2) is 0 Å². The van der Waals surface area contributed by atoms with E-state index >= 15 is 0 Å². The summed E-state index contributed by atoms with van der Waals surface area (Å²) in [7, 11) is 0. The zero-order chi connectivity index (χ0) is 5.98. The molecule has 3 heteroatoms. The molecule has 1 aliphatic rings. The van der Waals surface area contributed by atoms with Crippen molar-refractivity contribution in [2.24, 2.45) is 5.73 Å². The van der Waals surface area contributed by atoms with Gasteiger partial charge in [0, 0.05) is 0 Å². The van der Waals surface area contributed by atoms with E-state index in [9.17, 15) is 4.79 Å². The van der Waals surface area contributed by atoms with Crippen LogP contribution in [0, 0.1) is 0 Å². The van der Waals surface area contributed by atoms with Crippen LogP contribution in [0.4, 0.5) is 0 Å². The maximum atomic E-state index is 10.4. The molecule has 2 N–H and O–H groups in total. The van der Waals surface area contributed by atoms with Crippen LogP contribution in [0.1, 0.15) is 12.8 Å². The molecule has 1 saturated heterocycles. The standard InChI is InChI=1S/C5H9NOSe/c6-5(7)4-2-1-3-8-4/h4H,1-3H2,(H2,6,7). The minimum absolute atomic E-state index is 0.0810. The van der Waals surface area contributed by atoms with Crippen molar-refractivity contribution in [1.29, 1.82) is 0 Å². The molecule has 2 nitrogen and oxygen atoms in total. The van der Waals surface area contributed by atoms with Gasteiger partial charge in [-0.15, -0.1) is 0 Å². The van der Waals surface area contributed by atoms with Gasteiger partial charge in [-0.05, 0) is 0 Å². The summed E-state index contributed by atoms with van der Waals surface area (Å²) in [6, 6.07) is 0. The van der Waals surface area contributed by atoms with Gasteiger partial charge in [-0.3, -0.25) is 0 Å². The Morgan fingerprint density at radius 1 is 1.75 bits per heavy atom. The Morgan fingerprint density at radius 3 is 2.75 bits per heavy atom. The molecule has 0 saturated carbocycles. The predicted molar refractivity (Wildman–Crippen MR) is 32.7 cm³/mol. The molecule has 1 aliphatic heterocycles. The molecule has 1 rings (SSSR count). The van der Waals surface area contributed by atoms with E-state index < -0.39 is 0 Å². The first-order valence-corrected chi connectivity index (χ1v) is 4.91. The number of amides is 1. The first kappa shape index (κ1) is 6.11. The molecule has 8 heavy (non-hydrogen) atoms. The second-order valence-electron chi connectivity index (χ2n) is 1.90. The average molecular weight is 178 g/mol. The topological polar surface area (TPSA) is 43.1 Å². The SMILES string of the molecule is NC(=O)C1CCC[Se]1. The predicted octanol–water partition coefficient (Wildman–Crippen LogP) is 0.176. The van der Waals surface area contributed by atoms with E-state index in [0.717, 1.165) is 6.42 Å². The van der Waals surface area contributed by atoms with E-state index in [1.54, 1.807) is 0 Å². The molecule has 1 fully saturated rings. The first-order valence-electron chi connectivity index (χ1n) is 2.71. The summed E-state index contributed by atoms with van der Waals surface area (Å²) in [5, 5.41) is 1.25. The summed E-state index contributed by atoms with van der Waals surface area (Å²) in [5.74, 6) is -0.0810. The van der Waals surface area contributed by atoms with Crippen LogP contribution in [0.25, 0.3) is 0 Å². The Hall–Kier alpha value is -0.0105. The quantitative estimate of drug-likeness (QED) is 0.571. The Balaban J connectivity index is 2.35. The number of hydrogen-bond donors (Lipinski definition) is 1. The molecule has 0 aliphatic carbocycles. The van der Waals surface area contributed by atoms with Crippen LogP contribution in [-0.2, 0) is 4.79 Å². The van der Waals surface area contributed by atoms with Gasteiger partial charge in [0.1, 0.15) is 0 Å². The summed E-state index contributed by atoms with van der Waals surface area (Å²) < 4.78 is 0. The van der Waals surface area contributed by atoms with Crippen LogP contribution in [0.2, 0.25) is 10.1 Å². The van der Waals surface area contributed by atoms with Gasteiger partial charge in [-0.1, -0.05) is 0 Å². The Bertz CT molecular complexity index is 98.6. The zero-order valence-corrected chi connectivity index (χ0v) is 6.31. The van der Waals surface area contributed by atoms with Gasteiger partial charge >= 0.3 is 54.4 Å². The fraction of sp³-hybridized carbons (Fsp3) is 0.800. The summed E-state index contributed by atoms with van der Waals surface area (Å²) in [6.45, 7) is 0. The molecule has 1 amide bonds. The van der Waals surface area contributed by atoms with E-state index in [-0.39, 0.29) is 10.7 Å². The van der Waals surface area contributed by atoms with E-state index in [4.69, 9.17) is 5.73 Å². The Labute approximate surface area is 55.0 Å². The van der Waals surface area contributed by atoms with E-state index in [1.165, 1.54) is 11.7 Å². The van der Waals surface area contributed by atoms with Crippen molar-refractivity contribution in [3.05, 3.63) is 0 Å². The molecule has 0 spiro atoms. The number of primary amides is 1. The minimum atomic E-state index is -0.0810. The molecular formula is C5H9NOSe. The van der Waals surface area contributed by atoms with Crippen LogP contribution < -0.4 is 5.73 Å². The van der Waals surface area contributed by atoms with Gasteiger partial charge in [-0.2, -0.15) is 0 Å². The third-order valence-corrected chi connectivity index (χ3v) is 4.17. The molecule has 46 valence electrons. The number of hydrogen-bond acceptors (Lipinski definition) is 1. The van der Waals surface area contributed by atoms with Crippen molar-refractivity contribution in [2.45, 2.75) is 23.0 Å². The van der Waals surface area contributed by atoms with Crippen LogP contribution in [-0.4, -0.2) is 20.9 Å². The van der Waals surface area contributed by atoms with Crippen molar-refractivity contribution in [3.63, 3.8) is 0 Å². The fourth-order valence-electron chi connectivity index (χ4n) is 0.802. The average Bonchev–Trinajstić information content (AvgIpc) is 2.12. The third kappa shape index (κ3) is 1.23. The van der Waals surface area contributed by atoms with Gasteiger partial charge in [-0.25, -0.2) is 0 Å². The van der Waals surface area contributed by atoms with Gasteiger partial charge < -0.3 is 0 Å². The molecule has 0 aromatic carbocycles. The molecule has 0 aromatic rings. The number of carbonyl (C=O) groups excluding carboxylic acids is 1. The van der Waals surface area contributed by atoms with Crippen molar-refractivity contribution in [1.82, 2.24) is 0 Å². The molecule has 0 aromatic heterocycles. The van der Waals surface area contributed by atoms with Crippen LogP contribution in [0.5, 0.6) is 0 Å². The monoisotopic (exact) mass is 179 g/mol. The second kappa shape index (κ2) is 2.51. The normalized spacial score (nSPS) is 28.2. The van der Waals surface area contributed by atoms with Gasteiger partial charge in [0.25, 0.3) is 0 Å². The first-order chi connectivity index (χ1) is 3.80. The summed E-state index contributed by atoms with van der Waals surface area (Å²) >= 11 is 0.534. The maximum absolute atomic E-state index is 10.4. The Morgan fingerprint density at radius 2 is 2.50 bits per heavy atom. The number of rotatable bonds is 1. The second-order valence-corrected chi connectivity index (χ2v) is 4.65. The molecule has 1 atom stereocenters. The van der Waals surface area contributed by atoms with E-state index in [1.807, 2.05) is 0 Å². The Kier molecular flexibility index (Phi) is 1.92. The fourth-order valence-corrected chi connectivity index (χ4v) is 3.14. The molecular weight excluding hydrogens is 169 g/mol. The number of carbonyl (C=O) groups is 1. The zero-order valence-electron chi connectivity index (χ0n) is 4.59. The summed E-state index contributed by atoms with van der Waals surface area (Å²) in [4.78, 5) is 10.7. The molecule has 1 heterocycles. The van der Waals surface area contributed by atoms with E-state index in [2.05, 4.69) is 0 Å².